The molecule has 4 aromatic rings. The number of fused-ring (bicyclic) bond motifs is 1. The Morgan fingerprint density at radius 3 is 2.56 bits per heavy atom. The summed E-state index contributed by atoms with van der Waals surface area (Å²) in [5.41, 5.74) is 4.07. The molecule has 3 aromatic heterocycles. The van der Waals surface area contributed by atoms with Crippen LogP contribution >= 0.6 is 0 Å². The summed E-state index contributed by atoms with van der Waals surface area (Å²) in [4.78, 5) is 27.1. The number of methoxy groups -OCH3 is 2. The van der Waals surface area contributed by atoms with Crippen molar-refractivity contribution in [2.75, 3.05) is 28.3 Å². The molecule has 34 heavy (non-hydrogen) atoms. The van der Waals surface area contributed by atoms with Crippen molar-refractivity contribution < 1.29 is 18.7 Å². The molecular formula is C24H23FN6O3. The Bertz CT molecular complexity index is 1390. The summed E-state index contributed by atoms with van der Waals surface area (Å²) in [6.07, 6.45) is 4.09. The van der Waals surface area contributed by atoms with Gasteiger partial charge in [-0.1, -0.05) is 12.1 Å². The second kappa shape index (κ2) is 8.36. The van der Waals surface area contributed by atoms with Gasteiger partial charge in [-0.05, 0) is 42.0 Å². The van der Waals surface area contributed by atoms with Gasteiger partial charge in [0.25, 0.3) is 5.91 Å². The van der Waals surface area contributed by atoms with E-state index in [-0.39, 0.29) is 29.6 Å². The fourth-order valence-electron chi connectivity index (χ4n) is 4.14. The van der Waals surface area contributed by atoms with Crippen molar-refractivity contribution in [3.05, 3.63) is 65.4 Å². The molecule has 3 heterocycles. The normalized spacial score (nSPS) is 17.0. The number of carbonyl (C=O) groups is 1. The Kier molecular flexibility index (Phi) is 5.35. The molecule has 0 aliphatic heterocycles. The minimum atomic E-state index is -0.263. The maximum atomic E-state index is 13.4. The predicted molar refractivity (Wildman–Crippen MR) is 122 cm³/mol. The lowest BCUT2D eigenvalue weighted by molar-refractivity contribution is 0.0822. The number of aromatic nitrogens is 5. The van der Waals surface area contributed by atoms with Crippen LogP contribution in [0.25, 0.3) is 16.9 Å². The van der Waals surface area contributed by atoms with E-state index in [2.05, 4.69) is 20.1 Å². The van der Waals surface area contributed by atoms with Crippen LogP contribution in [0.15, 0.2) is 42.7 Å². The maximum Gasteiger partial charge on any atom is 0.319 e. The first-order valence-corrected chi connectivity index (χ1v) is 10.7. The summed E-state index contributed by atoms with van der Waals surface area (Å²) in [6.45, 7) is 0. The molecule has 9 nitrogen and oxygen atoms in total. The predicted octanol–water partition coefficient (Wildman–Crippen LogP) is 3.32. The first-order valence-electron chi connectivity index (χ1n) is 10.7. The number of halogens is 1. The molecule has 0 unspecified atom stereocenters. The van der Waals surface area contributed by atoms with Crippen LogP contribution < -0.4 is 9.47 Å². The van der Waals surface area contributed by atoms with E-state index < -0.39 is 0 Å². The number of nitrogens with zero attached hydrogens (tertiary/aromatic N) is 6. The van der Waals surface area contributed by atoms with Crippen LogP contribution in [0.4, 0.5) is 4.39 Å². The molecule has 10 heteroatoms. The van der Waals surface area contributed by atoms with Crippen molar-refractivity contribution in [2.24, 2.45) is 0 Å². The fourth-order valence-corrected chi connectivity index (χ4v) is 4.14. The SMILES string of the molecule is COc1ncc(-c2cc([C@H]3C[C@@H]3c3ccc(F)cc3)c3nc(C(=O)N(C)C)cn3n2)c(OC)n1. The Labute approximate surface area is 195 Å². The molecular weight excluding hydrogens is 439 g/mol. The van der Waals surface area contributed by atoms with Gasteiger partial charge in [0.05, 0.1) is 31.7 Å². The summed E-state index contributed by atoms with van der Waals surface area (Å²) in [5, 5.41) is 4.69. The molecule has 1 fully saturated rings. The van der Waals surface area contributed by atoms with Gasteiger partial charge in [0.1, 0.15) is 11.5 Å². The minimum absolute atomic E-state index is 0.143. The fraction of sp³-hybridized carbons (Fsp3) is 0.292. The zero-order valence-electron chi connectivity index (χ0n) is 19.2. The number of hydrogen-bond donors (Lipinski definition) is 0. The van der Waals surface area contributed by atoms with E-state index in [0.717, 1.165) is 17.5 Å². The number of imidazole rings is 1. The Morgan fingerprint density at radius 1 is 1.12 bits per heavy atom. The van der Waals surface area contributed by atoms with Crippen LogP contribution in [0.1, 0.15) is 39.9 Å². The molecule has 0 spiro atoms. The van der Waals surface area contributed by atoms with Crippen molar-refractivity contribution in [1.29, 1.82) is 0 Å². The zero-order valence-corrected chi connectivity index (χ0v) is 19.2. The van der Waals surface area contributed by atoms with Crippen molar-refractivity contribution in [3.63, 3.8) is 0 Å². The number of benzene rings is 1. The molecule has 1 aromatic carbocycles. The van der Waals surface area contributed by atoms with Crippen molar-refractivity contribution in [3.8, 4) is 23.1 Å². The van der Waals surface area contributed by atoms with Crippen molar-refractivity contribution in [1.82, 2.24) is 29.5 Å². The number of ether oxygens (including phenoxy) is 2. The van der Waals surface area contributed by atoms with Gasteiger partial charge in [0, 0.05) is 25.9 Å². The molecule has 0 bridgehead atoms. The van der Waals surface area contributed by atoms with Gasteiger partial charge in [0.2, 0.25) is 5.88 Å². The van der Waals surface area contributed by atoms with Gasteiger partial charge in [-0.2, -0.15) is 10.1 Å². The van der Waals surface area contributed by atoms with Gasteiger partial charge in [-0.3, -0.25) is 4.79 Å². The van der Waals surface area contributed by atoms with Gasteiger partial charge in [-0.25, -0.2) is 18.9 Å². The first kappa shape index (κ1) is 21.7. The van der Waals surface area contributed by atoms with Crippen LogP contribution in [0, 0.1) is 5.82 Å². The molecule has 2 atom stereocenters. The molecule has 1 saturated carbocycles. The summed E-state index contributed by atoms with van der Waals surface area (Å²) in [7, 11) is 6.35. The van der Waals surface area contributed by atoms with E-state index in [4.69, 9.17) is 9.47 Å². The minimum Gasteiger partial charge on any atom is -0.480 e. The molecule has 5 rings (SSSR count). The van der Waals surface area contributed by atoms with E-state index in [1.807, 2.05) is 18.2 Å². The second-order valence-electron chi connectivity index (χ2n) is 8.36. The number of rotatable bonds is 6. The topological polar surface area (TPSA) is 94.7 Å². The van der Waals surface area contributed by atoms with E-state index in [1.165, 1.54) is 31.3 Å². The molecule has 1 aliphatic carbocycles. The monoisotopic (exact) mass is 462 g/mol. The van der Waals surface area contributed by atoms with Crippen LogP contribution in [-0.2, 0) is 0 Å². The summed E-state index contributed by atoms with van der Waals surface area (Å²) >= 11 is 0. The molecule has 0 N–H and O–H groups in total. The van der Waals surface area contributed by atoms with Crippen LogP contribution in [0.5, 0.6) is 11.9 Å². The highest BCUT2D eigenvalue weighted by Gasteiger charge is 2.41. The molecule has 174 valence electrons. The molecule has 1 aliphatic rings. The Balaban J connectivity index is 1.64. The van der Waals surface area contributed by atoms with E-state index in [0.29, 0.717) is 28.5 Å². The van der Waals surface area contributed by atoms with Gasteiger partial charge in [0.15, 0.2) is 5.65 Å². The lowest BCUT2D eigenvalue weighted by atomic mass is 10.0. The second-order valence-corrected chi connectivity index (χ2v) is 8.36. The quantitative estimate of drug-likeness (QED) is 0.434. The summed E-state index contributed by atoms with van der Waals surface area (Å²) in [6, 6.07) is 8.69. The van der Waals surface area contributed by atoms with Crippen molar-refractivity contribution in [2.45, 2.75) is 18.3 Å². The third kappa shape index (κ3) is 3.81. The lowest BCUT2D eigenvalue weighted by Crippen LogP contribution is -2.21. The van der Waals surface area contributed by atoms with Crippen molar-refractivity contribution >= 4 is 11.6 Å². The number of amides is 1. The average Bonchev–Trinajstić information content (AvgIpc) is 3.52. The molecule has 0 radical (unpaired) electrons. The maximum absolute atomic E-state index is 13.4. The lowest BCUT2D eigenvalue weighted by Gasteiger charge is -2.10. The third-order valence-electron chi connectivity index (χ3n) is 5.95. The van der Waals surface area contributed by atoms with Crippen LogP contribution in [0.2, 0.25) is 0 Å². The summed E-state index contributed by atoms with van der Waals surface area (Å²) < 4.78 is 25.6. The van der Waals surface area contributed by atoms with Gasteiger partial charge in [-0.15, -0.1) is 0 Å². The largest absolute Gasteiger partial charge is 0.480 e. The number of carbonyl (C=O) groups excluding carboxylic acids is 1. The first-order chi connectivity index (χ1) is 16.4. The molecule has 0 saturated heterocycles. The van der Waals surface area contributed by atoms with Crippen LogP contribution in [0.3, 0.4) is 0 Å². The summed E-state index contributed by atoms with van der Waals surface area (Å²) in [5.74, 6) is 0.207. The molecule has 1 amide bonds. The zero-order chi connectivity index (χ0) is 24.0. The van der Waals surface area contributed by atoms with E-state index in [1.54, 1.807) is 31.0 Å². The highest BCUT2D eigenvalue weighted by atomic mass is 19.1. The smallest absolute Gasteiger partial charge is 0.319 e. The van der Waals surface area contributed by atoms with Gasteiger partial charge < -0.3 is 14.4 Å². The van der Waals surface area contributed by atoms with E-state index >= 15 is 0 Å². The highest BCUT2D eigenvalue weighted by molar-refractivity contribution is 5.92. The highest BCUT2D eigenvalue weighted by Crippen LogP contribution is 2.55. The van der Waals surface area contributed by atoms with Gasteiger partial charge >= 0.3 is 6.01 Å². The third-order valence-corrected chi connectivity index (χ3v) is 5.95. The average molecular weight is 462 g/mol. The number of hydrogen-bond acceptors (Lipinski definition) is 7. The Hall–Kier alpha value is -4.08. The standard InChI is InChI=1S/C24H23FN6O3/c1-30(2)23(32)20-12-31-21(27-20)17(16-9-15(16)13-5-7-14(25)8-6-13)10-19(29-31)18-11-26-24(34-4)28-22(18)33-3/h5-8,10-12,15-16H,9H2,1-4H3/t15-,16+/m1/s1. The van der Waals surface area contributed by atoms with E-state index in [9.17, 15) is 9.18 Å². The van der Waals surface area contributed by atoms with Crippen LogP contribution in [-0.4, -0.2) is 63.7 Å². The Morgan fingerprint density at radius 2 is 1.88 bits per heavy atom.